The lowest BCUT2D eigenvalue weighted by molar-refractivity contribution is -0.113. The van der Waals surface area contributed by atoms with Gasteiger partial charge in [0, 0.05) is 25.6 Å². The molecule has 10 nitrogen and oxygen atoms in total. The molecule has 1 aromatic carbocycles. The van der Waals surface area contributed by atoms with Gasteiger partial charge in [0.1, 0.15) is 11.6 Å². The van der Waals surface area contributed by atoms with Crippen LogP contribution in [-0.2, 0) is 26.1 Å². The van der Waals surface area contributed by atoms with Gasteiger partial charge < -0.3 is 19.4 Å². The molecule has 1 aromatic heterocycles. The van der Waals surface area contributed by atoms with Crippen LogP contribution in [0.2, 0.25) is 0 Å². The normalized spacial score (nSPS) is 17.2. The number of ether oxygens (including phenoxy) is 2. The van der Waals surface area contributed by atoms with Crippen molar-refractivity contribution in [3.05, 3.63) is 24.0 Å². The van der Waals surface area contributed by atoms with Gasteiger partial charge in [-0.1, -0.05) is 11.8 Å². The van der Waals surface area contributed by atoms with Gasteiger partial charge in [0.25, 0.3) is 0 Å². The molecule has 2 aromatic rings. The number of rotatable bonds is 10. The highest BCUT2D eigenvalue weighted by Gasteiger charge is 2.30. The van der Waals surface area contributed by atoms with Gasteiger partial charge in [-0.2, -0.15) is 4.31 Å². The van der Waals surface area contributed by atoms with Gasteiger partial charge >= 0.3 is 0 Å². The molecule has 2 fully saturated rings. The first kappa shape index (κ1) is 24.0. The predicted octanol–water partition coefficient (Wildman–Crippen LogP) is 2.33. The van der Waals surface area contributed by atoms with Crippen molar-refractivity contribution in [2.45, 2.75) is 49.2 Å². The van der Waals surface area contributed by atoms with Crippen LogP contribution in [0.3, 0.4) is 0 Å². The second-order valence-electron chi connectivity index (χ2n) is 7.80. The Bertz CT molecular complexity index is 1090. The molecule has 1 N–H and O–H groups in total. The van der Waals surface area contributed by atoms with Crippen molar-refractivity contribution in [1.82, 2.24) is 19.1 Å². The molecule has 0 spiro atoms. The minimum absolute atomic E-state index is 0.107. The average Bonchev–Trinajstić information content (AvgIpc) is 3.58. The molecule has 0 atom stereocenters. The largest absolute Gasteiger partial charge is 0.492 e. The molecule has 1 saturated carbocycles. The van der Waals surface area contributed by atoms with E-state index < -0.39 is 10.0 Å². The molecule has 1 saturated heterocycles. The number of hydrogen-bond donors (Lipinski definition) is 1. The zero-order valence-corrected chi connectivity index (χ0v) is 20.5. The number of morpholine rings is 1. The summed E-state index contributed by atoms with van der Waals surface area (Å²) in [7, 11) is -3.70. The Morgan fingerprint density at radius 2 is 2.00 bits per heavy atom. The van der Waals surface area contributed by atoms with Crippen molar-refractivity contribution < 1.29 is 22.7 Å². The van der Waals surface area contributed by atoms with E-state index in [4.69, 9.17) is 9.47 Å². The van der Waals surface area contributed by atoms with Crippen molar-refractivity contribution in [3.8, 4) is 5.75 Å². The third-order valence-corrected chi connectivity index (χ3v) is 8.33. The van der Waals surface area contributed by atoms with E-state index in [2.05, 4.69) is 20.1 Å². The zero-order valence-electron chi connectivity index (χ0n) is 18.8. The first-order valence-corrected chi connectivity index (χ1v) is 13.6. The van der Waals surface area contributed by atoms with E-state index in [9.17, 15) is 13.2 Å². The summed E-state index contributed by atoms with van der Waals surface area (Å²) in [5, 5.41) is 12.1. The molecule has 2 heterocycles. The van der Waals surface area contributed by atoms with Gasteiger partial charge in [0.15, 0.2) is 5.16 Å². The molecule has 12 heteroatoms. The Hall–Kier alpha value is -2.15. The maximum atomic E-state index is 13.0. The van der Waals surface area contributed by atoms with Gasteiger partial charge in [0.05, 0.1) is 36.2 Å². The number of nitrogens with one attached hydrogen (secondary N) is 1. The van der Waals surface area contributed by atoms with Crippen molar-refractivity contribution >= 4 is 33.4 Å². The standard InChI is InChI=1S/C21H29N5O5S2/c1-3-26-20(15-5-6-15)23-24-21(26)32-14-19(27)22-17-13-16(7-8-18(17)31-4-2)33(28,29)25-9-11-30-12-10-25/h7-8,13,15H,3-6,9-12,14H2,1-2H3,(H,22,27). The number of sulfonamides is 1. The summed E-state index contributed by atoms with van der Waals surface area (Å²) in [5.74, 6) is 1.73. The van der Waals surface area contributed by atoms with Gasteiger partial charge in [-0.3, -0.25) is 4.79 Å². The third kappa shape index (κ3) is 5.51. The molecule has 33 heavy (non-hydrogen) atoms. The van der Waals surface area contributed by atoms with Crippen LogP contribution in [0.4, 0.5) is 5.69 Å². The molecular weight excluding hydrogens is 466 g/mol. The van der Waals surface area contributed by atoms with Crippen LogP contribution >= 0.6 is 11.8 Å². The fourth-order valence-electron chi connectivity index (χ4n) is 3.65. The molecule has 2 aliphatic rings. The summed E-state index contributed by atoms with van der Waals surface area (Å²) in [6.07, 6.45) is 2.26. The summed E-state index contributed by atoms with van der Waals surface area (Å²) in [5.41, 5.74) is 0.326. The monoisotopic (exact) mass is 495 g/mol. The Morgan fingerprint density at radius 3 is 2.67 bits per heavy atom. The highest BCUT2D eigenvalue weighted by Crippen LogP contribution is 2.40. The van der Waals surface area contributed by atoms with Crippen molar-refractivity contribution in [2.24, 2.45) is 0 Å². The molecule has 1 amide bonds. The molecule has 0 bridgehead atoms. The van der Waals surface area contributed by atoms with Crippen LogP contribution in [0.5, 0.6) is 5.75 Å². The molecule has 180 valence electrons. The van der Waals surface area contributed by atoms with E-state index in [1.165, 1.54) is 28.2 Å². The van der Waals surface area contributed by atoms with Gasteiger partial charge in [-0.25, -0.2) is 8.42 Å². The number of benzene rings is 1. The van der Waals surface area contributed by atoms with E-state index in [0.717, 1.165) is 25.2 Å². The molecule has 1 aliphatic carbocycles. The second-order valence-corrected chi connectivity index (χ2v) is 10.7. The minimum Gasteiger partial charge on any atom is -0.492 e. The van der Waals surface area contributed by atoms with E-state index in [0.29, 0.717) is 55.4 Å². The first-order chi connectivity index (χ1) is 15.9. The summed E-state index contributed by atoms with van der Waals surface area (Å²) < 4.78 is 40.4. The van der Waals surface area contributed by atoms with Crippen molar-refractivity contribution in [2.75, 3.05) is 44.0 Å². The number of aromatic nitrogens is 3. The Labute approximate surface area is 198 Å². The number of amides is 1. The van der Waals surface area contributed by atoms with Gasteiger partial charge in [-0.15, -0.1) is 10.2 Å². The topological polar surface area (TPSA) is 116 Å². The highest BCUT2D eigenvalue weighted by molar-refractivity contribution is 7.99. The second kappa shape index (κ2) is 10.4. The van der Waals surface area contributed by atoms with Crippen LogP contribution < -0.4 is 10.1 Å². The zero-order chi connectivity index (χ0) is 23.4. The fraction of sp³-hybridized carbons (Fsp3) is 0.571. The number of nitrogens with zero attached hydrogens (tertiary/aromatic N) is 4. The summed E-state index contributed by atoms with van der Waals surface area (Å²) in [6.45, 7) is 6.33. The summed E-state index contributed by atoms with van der Waals surface area (Å²) in [6, 6.07) is 4.54. The molecule has 0 unspecified atom stereocenters. The minimum atomic E-state index is -3.70. The van der Waals surface area contributed by atoms with Crippen LogP contribution in [0, 0.1) is 0 Å². The van der Waals surface area contributed by atoms with E-state index in [-0.39, 0.29) is 16.6 Å². The quantitative estimate of drug-likeness (QED) is 0.500. The number of anilines is 1. The van der Waals surface area contributed by atoms with Crippen LogP contribution in [-0.4, -0.2) is 72.1 Å². The fourth-order valence-corrected chi connectivity index (χ4v) is 5.89. The smallest absolute Gasteiger partial charge is 0.243 e. The van der Waals surface area contributed by atoms with Crippen molar-refractivity contribution in [3.63, 3.8) is 0 Å². The Balaban J connectivity index is 1.47. The molecule has 4 rings (SSSR count). The average molecular weight is 496 g/mol. The van der Waals surface area contributed by atoms with E-state index >= 15 is 0 Å². The molecule has 1 aliphatic heterocycles. The predicted molar refractivity (Wildman–Crippen MR) is 124 cm³/mol. The van der Waals surface area contributed by atoms with Crippen molar-refractivity contribution in [1.29, 1.82) is 0 Å². The van der Waals surface area contributed by atoms with Gasteiger partial charge in [0.2, 0.25) is 15.9 Å². The lowest BCUT2D eigenvalue weighted by atomic mass is 10.3. The molecule has 0 radical (unpaired) electrons. The highest BCUT2D eigenvalue weighted by atomic mass is 32.2. The number of carbonyl (C=O) groups excluding carboxylic acids is 1. The maximum Gasteiger partial charge on any atom is 0.243 e. The van der Waals surface area contributed by atoms with Crippen LogP contribution in [0.1, 0.15) is 38.4 Å². The molecular formula is C21H29N5O5S2. The van der Waals surface area contributed by atoms with Crippen LogP contribution in [0.25, 0.3) is 0 Å². The first-order valence-electron chi connectivity index (χ1n) is 11.1. The summed E-state index contributed by atoms with van der Waals surface area (Å²) in [4.78, 5) is 12.8. The third-order valence-electron chi connectivity index (χ3n) is 5.47. The lowest BCUT2D eigenvalue weighted by Crippen LogP contribution is -2.40. The van der Waals surface area contributed by atoms with E-state index in [1.807, 2.05) is 13.8 Å². The van der Waals surface area contributed by atoms with E-state index in [1.54, 1.807) is 6.07 Å². The Kier molecular flexibility index (Phi) is 7.57. The Morgan fingerprint density at radius 1 is 1.24 bits per heavy atom. The lowest BCUT2D eigenvalue weighted by Gasteiger charge is -2.26. The van der Waals surface area contributed by atoms with Gasteiger partial charge in [-0.05, 0) is 44.9 Å². The van der Waals surface area contributed by atoms with Crippen LogP contribution in [0.15, 0.2) is 28.3 Å². The summed E-state index contributed by atoms with van der Waals surface area (Å²) >= 11 is 1.31. The number of carbonyl (C=O) groups is 1. The maximum absolute atomic E-state index is 13.0. The number of thioether (sulfide) groups is 1. The number of hydrogen-bond acceptors (Lipinski definition) is 8. The SMILES string of the molecule is CCOc1ccc(S(=O)(=O)N2CCOCC2)cc1NC(=O)CSc1nnc(C2CC2)n1CC.